The van der Waals surface area contributed by atoms with E-state index in [1.807, 2.05) is 7.05 Å². The van der Waals surface area contributed by atoms with Crippen molar-refractivity contribution in [3.63, 3.8) is 0 Å². The molecule has 5 heteroatoms. The Morgan fingerprint density at radius 1 is 1.67 bits per heavy atom. The van der Waals surface area contributed by atoms with Gasteiger partial charge in [-0.3, -0.25) is 10.2 Å². The van der Waals surface area contributed by atoms with E-state index in [4.69, 9.17) is 10.9 Å². The van der Waals surface area contributed by atoms with Crippen LogP contribution in [0.5, 0.6) is 0 Å². The van der Waals surface area contributed by atoms with Gasteiger partial charge in [0.2, 0.25) is 5.96 Å². The van der Waals surface area contributed by atoms with Crippen molar-refractivity contribution in [3.05, 3.63) is 0 Å². The highest BCUT2D eigenvalue weighted by molar-refractivity contribution is 5.76. The van der Waals surface area contributed by atoms with Gasteiger partial charge in [0.15, 0.2) is 0 Å². The van der Waals surface area contributed by atoms with Crippen LogP contribution in [0.15, 0.2) is 4.99 Å². The Hall–Kier alpha value is -0.810. The smallest absolute Gasteiger partial charge is 0.212 e. The molecule has 0 aromatic heterocycles. The molecule has 0 saturated heterocycles. The number of guanidine groups is 1. The summed E-state index contributed by atoms with van der Waals surface area (Å²) in [5.74, 6) is 0.0622. The van der Waals surface area contributed by atoms with Gasteiger partial charge in [-0.1, -0.05) is 0 Å². The molecule has 72 valence electrons. The molecule has 0 radical (unpaired) electrons. The molecule has 4 N–H and O–H groups in total. The Morgan fingerprint density at radius 3 is 2.67 bits per heavy atom. The number of likely N-dealkylation sites (N-methyl/N-ethyl adjacent to an activating group) is 1. The lowest BCUT2D eigenvalue weighted by atomic mass is 10.3. The van der Waals surface area contributed by atoms with Crippen molar-refractivity contribution < 1.29 is 5.21 Å². The van der Waals surface area contributed by atoms with Crippen molar-refractivity contribution in [2.45, 2.75) is 19.9 Å². The molecule has 0 aromatic rings. The maximum absolute atomic E-state index is 8.29. The lowest BCUT2D eigenvalue weighted by Gasteiger charge is -2.19. The summed E-state index contributed by atoms with van der Waals surface area (Å²) in [6.07, 6.45) is 0. The highest BCUT2D eigenvalue weighted by atomic mass is 16.5. The molecule has 0 fully saturated rings. The maximum atomic E-state index is 8.29. The van der Waals surface area contributed by atoms with Crippen LogP contribution in [-0.4, -0.2) is 42.2 Å². The third-order valence-corrected chi connectivity index (χ3v) is 1.73. The van der Waals surface area contributed by atoms with Gasteiger partial charge in [-0.2, -0.15) is 0 Å². The topological polar surface area (TPSA) is 73.9 Å². The van der Waals surface area contributed by atoms with E-state index < -0.39 is 0 Å². The van der Waals surface area contributed by atoms with Crippen molar-refractivity contribution in [1.29, 1.82) is 0 Å². The molecule has 12 heavy (non-hydrogen) atoms. The van der Waals surface area contributed by atoms with E-state index in [0.717, 1.165) is 6.54 Å². The standard InChI is InChI=1S/C7H18N4O/c1-6(2)11(3)5-4-9-7(8)10-12/h6,12H,4-5H2,1-3H3,(H3,8,9,10). The second-order valence-electron chi connectivity index (χ2n) is 2.95. The molecule has 0 amide bonds. The van der Waals surface area contributed by atoms with Gasteiger partial charge in [0.05, 0.1) is 6.54 Å². The van der Waals surface area contributed by atoms with E-state index in [2.05, 4.69) is 23.7 Å². The summed E-state index contributed by atoms with van der Waals surface area (Å²) < 4.78 is 0. The highest BCUT2D eigenvalue weighted by Crippen LogP contribution is 1.91. The fourth-order valence-corrected chi connectivity index (χ4v) is 0.622. The van der Waals surface area contributed by atoms with Gasteiger partial charge in [-0.25, -0.2) is 5.48 Å². The summed E-state index contributed by atoms with van der Waals surface area (Å²) >= 11 is 0. The summed E-state index contributed by atoms with van der Waals surface area (Å²) in [7, 11) is 2.02. The van der Waals surface area contributed by atoms with E-state index in [0.29, 0.717) is 12.6 Å². The Bertz CT molecular complexity index is 146. The predicted molar refractivity (Wildman–Crippen MR) is 49.2 cm³/mol. The monoisotopic (exact) mass is 174 g/mol. The zero-order valence-corrected chi connectivity index (χ0v) is 7.91. The Morgan fingerprint density at radius 2 is 2.25 bits per heavy atom. The highest BCUT2D eigenvalue weighted by Gasteiger charge is 2.00. The van der Waals surface area contributed by atoms with Gasteiger partial charge in [-0.15, -0.1) is 0 Å². The second-order valence-corrected chi connectivity index (χ2v) is 2.95. The molecule has 0 aliphatic rings. The molecule has 0 aromatic carbocycles. The van der Waals surface area contributed by atoms with Crippen LogP contribution in [0.2, 0.25) is 0 Å². The minimum atomic E-state index is 0.0622. The van der Waals surface area contributed by atoms with Crippen molar-refractivity contribution in [3.8, 4) is 0 Å². The fraction of sp³-hybridized carbons (Fsp3) is 0.857. The van der Waals surface area contributed by atoms with Crippen LogP contribution in [0.25, 0.3) is 0 Å². The number of hydrogen-bond acceptors (Lipinski definition) is 3. The first-order valence-corrected chi connectivity index (χ1v) is 3.98. The van der Waals surface area contributed by atoms with Crippen molar-refractivity contribution in [2.75, 3.05) is 20.1 Å². The van der Waals surface area contributed by atoms with Gasteiger partial charge in [0.1, 0.15) is 0 Å². The number of rotatable bonds is 4. The van der Waals surface area contributed by atoms with Gasteiger partial charge < -0.3 is 10.6 Å². The van der Waals surface area contributed by atoms with Crippen molar-refractivity contribution in [2.24, 2.45) is 10.7 Å². The van der Waals surface area contributed by atoms with Crippen LogP contribution in [0.3, 0.4) is 0 Å². The normalized spacial score (nSPS) is 12.7. The zero-order valence-electron chi connectivity index (χ0n) is 7.91. The molecular weight excluding hydrogens is 156 g/mol. The first-order chi connectivity index (χ1) is 5.57. The predicted octanol–water partition coefficient (Wildman–Crippen LogP) is -0.380. The largest absolute Gasteiger partial charge is 0.368 e. The van der Waals surface area contributed by atoms with Gasteiger partial charge in [0.25, 0.3) is 0 Å². The van der Waals surface area contributed by atoms with E-state index in [-0.39, 0.29) is 5.96 Å². The molecule has 0 bridgehead atoms. The molecule has 0 aliphatic carbocycles. The number of nitrogens with zero attached hydrogens (tertiary/aromatic N) is 2. The molecule has 5 nitrogen and oxygen atoms in total. The third-order valence-electron chi connectivity index (χ3n) is 1.73. The van der Waals surface area contributed by atoms with Crippen LogP contribution in [0.4, 0.5) is 0 Å². The lowest BCUT2D eigenvalue weighted by Crippen LogP contribution is -2.32. The molecule has 0 spiro atoms. The average Bonchev–Trinajstić information content (AvgIpc) is 2.03. The molecule has 0 aliphatic heterocycles. The third kappa shape index (κ3) is 4.92. The van der Waals surface area contributed by atoms with Crippen molar-refractivity contribution >= 4 is 5.96 Å². The summed E-state index contributed by atoms with van der Waals surface area (Å²) in [4.78, 5) is 6.00. The Labute approximate surface area is 73.2 Å². The molecule has 0 atom stereocenters. The van der Waals surface area contributed by atoms with E-state index in [1.54, 1.807) is 5.48 Å². The summed E-state index contributed by atoms with van der Waals surface area (Å²) in [5, 5.41) is 8.29. The van der Waals surface area contributed by atoms with Crippen LogP contribution >= 0.6 is 0 Å². The number of aliphatic imine (C=N–C) groups is 1. The van der Waals surface area contributed by atoms with Crippen LogP contribution in [-0.2, 0) is 0 Å². The average molecular weight is 174 g/mol. The van der Waals surface area contributed by atoms with Gasteiger partial charge in [-0.05, 0) is 20.9 Å². The SMILES string of the molecule is CC(C)N(C)CCN=C(N)NO. The number of hydrogen-bond donors (Lipinski definition) is 3. The molecule has 0 rings (SSSR count). The minimum absolute atomic E-state index is 0.0622. The summed E-state index contributed by atoms with van der Waals surface area (Å²) in [5.41, 5.74) is 6.98. The van der Waals surface area contributed by atoms with Gasteiger partial charge in [0, 0.05) is 12.6 Å². The fourth-order valence-electron chi connectivity index (χ4n) is 0.622. The van der Waals surface area contributed by atoms with Crippen molar-refractivity contribution in [1.82, 2.24) is 10.4 Å². The van der Waals surface area contributed by atoms with E-state index in [9.17, 15) is 0 Å². The van der Waals surface area contributed by atoms with Crippen LogP contribution in [0, 0.1) is 0 Å². The first kappa shape index (κ1) is 11.2. The lowest BCUT2D eigenvalue weighted by molar-refractivity contribution is 0.231. The quantitative estimate of drug-likeness (QED) is 0.308. The number of hydroxylamine groups is 1. The molecule has 0 heterocycles. The molecule has 0 saturated carbocycles. The van der Waals surface area contributed by atoms with Gasteiger partial charge >= 0.3 is 0 Å². The second kappa shape index (κ2) is 5.79. The van der Waals surface area contributed by atoms with E-state index in [1.165, 1.54) is 0 Å². The molecular formula is C7H18N4O. The summed E-state index contributed by atoms with van der Waals surface area (Å²) in [6.45, 7) is 5.64. The van der Waals surface area contributed by atoms with Crippen LogP contribution in [0.1, 0.15) is 13.8 Å². The zero-order chi connectivity index (χ0) is 9.56. The number of nitrogens with two attached hydrogens (primary N) is 1. The summed E-state index contributed by atoms with van der Waals surface area (Å²) in [6, 6.07) is 0.503. The first-order valence-electron chi connectivity index (χ1n) is 3.98. The molecule has 0 unspecified atom stereocenters. The van der Waals surface area contributed by atoms with Crippen LogP contribution < -0.4 is 11.2 Å². The maximum Gasteiger partial charge on any atom is 0.212 e. The van der Waals surface area contributed by atoms with E-state index >= 15 is 0 Å². The minimum Gasteiger partial charge on any atom is -0.368 e. The number of nitrogens with one attached hydrogen (secondary N) is 1. The Kier molecular flexibility index (Phi) is 5.40. The Balaban J connectivity index is 3.55.